The molecular formula is C34H37N3O7Si. The standard InChI is InChI=1S/C34H37N3O7Si/c1-23-21-37(32(40)35-30(23)38)29-20-27(44-33(41)36-31(39)24-14-8-5-9-15-24)28(43-29)22-42-45(34(2,3)4,25-16-10-6-11-17-25)26-18-12-7-13-19-26/h5-19,21,27-29H,20,22H2,1-4H3,(H,35,38,40)(H,36,39,41)/t27-,28+,29-/m0/s1. The first-order valence-electron chi connectivity index (χ1n) is 14.8. The summed E-state index contributed by atoms with van der Waals surface area (Å²) in [5, 5.41) is 4.08. The number of aromatic nitrogens is 2. The monoisotopic (exact) mass is 627 g/mol. The average molecular weight is 628 g/mol. The number of benzene rings is 3. The molecule has 2 heterocycles. The molecule has 234 valence electrons. The van der Waals surface area contributed by atoms with E-state index in [4.69, 9.17) is 13.9 Å². The fourth-order valence-electron chi connectivity index (χ4n) is 5.84. The maximum Gasteiger partial charge on any atom is 0.414 e. The second-order valence-corrected chi connectivity index (χ2v) is 16.4. The maximum atomic E-state index is 13.0. The molecule has 11 heteroatoms. The lowest BCUT2D eigenvalue weighted by Crippen LogP contribution is -2.67. The second-order valence-electron chi connectivity index (χ2n) is 12.1. The van der Waals surface area contributed by atoms with Gasteiger partial charge in [-0.1, -0.05) is 99.6 Å². The van der Waals surface area contributed by atoms with E-state index >= 15 is 0 Å². The number of hydrogen-bond donors (Lipinski definition) is 2. The Balaban J connectivity index is 1.47. The molecule has 2 N–H and O–H groups in total. The highest BCUT2D eigenvalue weighted by molar-refractivity contribution is 6.99. The van der Waals surface area contributed by atoms with E-state index in [9.17, 15) is 19.2 Å². The van der Waals surface area contributed by atoms with Crippen molar-refractivity contribution in [2.45, 2.75) is 57.6 Å². The lowest BCUT2D eigenvalue weighted by molar-refractivity contribution is -0.0451. The molecule has 0 unspecified atom stereocenters. The Kier molecular flexibility index (Phi) is 9.33. The zero-order valence-corrected chi connectivity index (χ0v) is 26.7. The number of hydrogen-bond acceptors (Lipinski definition) is 7. The molecule has 1 aromatic heterocycles. The maximum absolute atomic E-state index is 13.0. The van der Waals surface area contributed by atoms with Gasteiger partial charge in [0, 0.05) is 23.7 Å². The summed E-state index contributed by atoms with van der Waals surface area (Å²) in [4.78, 5) is 52.7. The number of H-pyrrole nitrogens is 1. The van der Waals surface area contributed by atoms with Crippen LogP contribution in [0, 0.1) is 6.92 Å². The third kappa shape index (κ3) is 6.75. The van der Waals surface area contributed by atoms with Crippen molar-refractivity contribution in [1.29, 1.82) is 0 Å². The highest BCUT2D eigenvalue weighted by Gasteiger charge is 2.51. The number of carbonyl (C=O) groups excluding carboxylic acids is 2. The summed E-state index contributed by atoms with van der Waals surface area (Å²) < 4.78 is 20.5. The van der Waals surface area contributed by atoms with Gasteiger partial charge < -0.3 is 13.9 Å². The van der Waals surface area contributed by atoms with Crippen molar-refractivity contribution < 1.29 is 23.5 Å². The van der Waals surface area contributed by atoms with Gasteiger partial charge >= 0.3 is 11.8 Å². The van der Waals surface area contributed by atoms with Gasteiger partial charge in [0.05, 0.1) is 6.61 Å². The van der Waals surface area contributed by atoms with E-state index in [-0.39, 0.29) is 18.1 Å². The predicted octanol–water partition coefficient (Wildman–Crippen LogP) is 3.64. The first-order valence-corrected chi connectivity index (χ1v) is 16.7. The first-order chi connectivity index (χ1) is 21.5. The van der Waals surface area contributed by atoms with Crippen LogP contribution in [0.5, 0.6) is 0 Å². The number of carbonyl (C=O) groups is 2. The third-order valence-corrected chi connectivity index (χ3v) is 13.0. The van der Waals surface area contributed by atoms with Gasteiger partial charge in [0.2, 0.25) is 0 Å². The van der Waals surface area contributed by atoms with Crippen molar-refractivity contribution in [2.24, 2.45) is 0 Å². The van der Waals surface area contributed by atoms with Crippen molar-refractivity contribution in [1.82, 2.24) is 14.9 Å². The minimum atomic E-state index is -2.99. The summed E-state index contributed by atoms with van der Waals surface area (Å²) >= 11 is 0. The minimum Gasteiger partial charge on any atom is -0.443 e. The summed E-state index contributed by atoms with van der Waals surface area (Å²) in [7, 11) is -2.99. The van der Waals surface area contributed by atoms with E-state index in [1.165, 1.54) is 10.8 Å². The topological polar surface area (TPSA) is 129 Å². The molecule has 1 saturated heterocycles. The lowest BCUT2D eigenvalue weighted by Gasteiger charge is -2.43. The second kappa shape index (κ2) is 13.2. The van der Waals surface area contributed by atoms with Crippen molar-refractivity contribution in [3.8, 4) is 0 Å². The van der Waals surface area contributed by atoms with Gasteiger partial charge in [0.1, 0.15) is 18.4 Å². The van der Waals surface area contributed by atoms with Gasteiger partial charge in [-0.25, -0.2) is 9.59 Å². The fourth-order valence-corrected chi connectivity index (χ4v) is 10.4. The lowest BCUT2D eigenvalue weighted by atomic mass is 10.2. The Morgan fingerprint density at radius 2 is 1.49 bits per heavy atom. The van der Waals surface area contributed by atoms with E-state index in [1.807, 2.05) is 36.4 Å². The fraction of sp³-hybridized carbons (Fsp3) is 0.294. The number of alkyl carbamates (subject to hydrolysis) is 1. The molecule has 45 heavy (non-hydrogen) atoms. The molecule has 1 aliphatic rings. The van der Waals surface area contributed by atoms with Crippen molar-refractivity contribution in [3.05, 3.63) is 129 Å². The Morgan fingerprint density at radius 1 is 0.933 bits per heavy atom. The number of amides is 2. The van der Waals surface area contributed by atoms with Crippen LogP contribution in [-0.2, 0) is 13.9 Å². The van der Waals surface area contributed by atoms with Crippen LogP contribution >= 0.6 is 0 Å². The first kappa shape index (κ1) is 31.8. The number of aromatic amines is 1. The molecule has 10 nitrogen and oxygen atoms in total. The third-order valence-electron chi connectivity index (χ3n) is 8.03. The van der Waals surface area contributed by atoms with Gasteiger partial charge in [0.15, 0.2) is 0 Å². The van der Waals surface area contributed by atoms with Crippen molar-refractivity contribution in [2.75, 3.05) is 6.61 Å². The summed E-state index contributed by atoms with van der Waals surface area (Å²) in [6.07, 6.45) is -1.97. The van der Waals surface area contributed by atoms with E-state index < -0.39 is 50.0 Å². The number of nitrogens with zero attached hydrogens (tertiary/aromatic N) is 1. The molecule has 2 amide bonds. The average Bonchev–Trinajstić information content (AvgIpc) is 3.41. The summed E-state index contributed by atoms with van der Waals surface area (Å²) in [6.45, 7) is 8.07. The molecule has 0 aliphatic carbocycles. The molecule has 1 fully saturated rings. The SMILES string of the molecule is Cc1cn([C@@H]2C[C@H](OC(=O)NC(=O)c3ccccc3)[C@@H](CO[Si](c3ccccc3)(c3ccccc3)C(C)(C)C)O2)c(=O)[nH]c1=O. The van der Waals surface area contributed by atoms with Crippen LogP contribution in [0.4, 0.5) is 4.79 Å². The van der Waals surface area contributed by atoms with Gasteiger partial charge in [-0.2, -0.15) is 0 Å². The van der Waals surface area contributed by atoms with Gasteiger partial charge in [-0.05, 0) is 34.5 Å². The number of rotatable bonds is 8. The van der Waals surface area contributed by atoms with Crippen LogP contribution < -0.4 is 26.9 Å². The van der Waals surface area contributed by atoms with Crippen LogP contribution in [0.1, 0.15) is 49.3 Å². The molecule has 0 radical (unpaired) electrons. The number of imide groups is 1. The zero-order chi connectivity index (χ0) is 32.2. The van der Waals surface area contributed by atoms with Crippen LogP contribution in [0.15, 0.2) is 107 Å². The molecule has 3 atom stereocenters. The number of nitrogens with one attached hydrogen (secondary N) is 2. The number of ether oxygens (including phenoxy) is 2. The molecule has 0 spiro atoms. The van der Waals surface area contributed by atoms with Crippen LogP contribution in [0.3, 0.4) is 0 Å². The van der Waals surface area contributed by atoms with Crippen LogP contribution in [-0.4, -0.2) is 48.7 Å². The summed E-state index contributed by atoms with van der Waals surface area (Å²) in [6, 6.07) is 28.5. The molecule has 3 aromatic carbocycles. The highest BCUT2D eigenvalue weighted by Crippen LogP contribution is 2.38. The Morgan fingerprint density at radius 3 is 2.04 bits per heavy atom. The Bertz CT molecular complexity index is 1710. The van der Waals surface area contributed by atoms with E-state index in [1.54, 1.807) is 37.3 Å². The molecule has 0 saturated carbocycles. The van der Waals surface area contributed by atoms with Gasteiger partial charge in [0.25, 0.3) is 19.8 Å². The molecule has 0 bridgehead atoms. The van der Waals surface area contributed by atoms with E-state index in [2.05, 4.69) is 55.3 Å². The molecule has 5 rings (SSSR count). The minimum absolute atomic E-state index is 0.0332. The molecule has 4 aromatic rings. The zero-order valence-electron chi connectivity index (χ0n) is 25.7. The predicted molar refractivity (Wildman–Crippen MR) is 172 cm³/mol. The van der Waals surface area contributed by atoms with Crippen LogP contribution in [0.25, 0.3) is 0 Å². The van der Waals surface area contributed by atoms with Gasteiger partial charge in [-0.15, -0.1) is 0 Å². The Hall–Kier alpha value is -4.58. The van der Waals surface area contributed by atoms with Crippen molar-refractivity contribution in [3.63, 3.8) is 0 Å². The summed E-state index contributed by atoms with van der Waals surface area (Å²) in [5.74, 6) is -0.608. The molecular weight excluding hydrogens is 590 g/mol. The number of aryl methyl sites for hydroxylation is 1. The smallest absolute Gasteiger partial charge is 0.414 e. The van der Waals surface area contributed by atoms with E-state index in [0.29, 0.717) is 11.1 Å². The normalized spacial score (nSPS) is 18.4. The van der Waals surface area contributed by atoms with Gasteiger partial charge in [-0.3, -0.25) is 24.5 Å². The van der Waals surface area contributed by atoms with Crippen molar-refractivity contribution >= 4 is 30.7 Å². The van der Waals surface area contributed by atoms with Crippen LogP contribution in [0.2, 0.25) is 5.04 Å². The molecule has 1 aliphatic heterocycles. The Labute approximate surface area is 262 Å². The highest BCUT2D eigenvalue weighted by atomic mass is 28.4. The quantitative estimate of drug-likeness (QED) is 0.286. The van der Waals surface area contributed by atoms with E-state index in [0.717, 1.165) is 10.4 Å². The largest absolute Gasteiger partial charge is 0.443 e. The summed E-state index contributed by atoms with van der Waals surface area (Å²) in [5.41, 5.74) is -0.510.